The second-order valence-corrected chi connectivity index (χ2v) is 9.66. The average molecular weight is 477 g/mol. The maximum absolute atomic E-state index is 11.5. The number of ether oxygens (including phenoxy) is 1. The van der Waals surface area contributed by atoms with E-state index in [0.717, 1.165) is 57.6 Å². The van der Waals surface area contributed by atoms with Gasteiger partial charge in [0.1, 0.15) is 0 Å². The van der Waals surface area contributed by atoms with Crippen LogP contribution in [0.4, 0.5) is 5.13 Å². The van der Waals surface area contributed by atoms with Crippen molar-refractivity contribution < 1.29 is 14.6 Å². The Hall–Kier alpha value is -3.23. The number of imidazole rings is 1. The predicted octanol–water partition coefficient (Wildman–Crippen LogP) is 4.99. The van der Waals surface area contributed by atoms with Gasteiger partial charge < -0.3 is 19.7 Å². The smallest absolute Gasteiger partial charge is 0.330 e. The van der Waals surface area contributed by atoms with Crippen molar-refractivity contribution in [1.82, 2.24) is 14.5 Å². The van der Waals surface area contributed by atoms with Crippen LogP contribution in [0.25, 0.3) is 27.3 Å². The molecule has 5 rings (SSSR count). The average Bonchev–Trinajstić information content (AvgIpc) is 3.42. The van der Waals surface area contributed by atoms with Crippen LogP contribution in [0.2, 0.25) is 0 Å². The summed E-state index contributed by atoms with van der Waals surface area (Å²) < 4.78 is 8.18. The van der Waals surface area contributed by atoms with E-state index in [9.17, 15) is 9.90 Å². The van der Waals surface area contributed by atoms with Crippen LogP contribution in [0.15, 0.2) is 48.8 Å². The number of aromatic nitrogens is 3. The van der Waals surface area contributed by atoms with Crippen LogP contribution >= 0.6 is 11.3 Å². The summed E-state index contributed by atoms with van der Waals surface area (Å²) >= 11 is 1.63. The van der Waals surface area contributed by atoms with Crippen molar-refractivity contribution >= 4 is 49.8 Å². The summed E-state index contributed by atoms with van der Waals surface area (Å²) in [6.45, 7) is 2.85. The first-order valence-electron chi connectivity index (χ1n) is 11.7. The van der Waals surface area contributed by atoms with Crippen molar-refractivity contribution in [2.75, 3.05) is 11.9 Å². The number of carbonyl (C=O) groups is 1. The molecular weight excluding hydrogens is 448 g/mol. The van der Waals surface area contributed by atoms with Crippen LogP contribution in [0.3, 0.4) is 0 Å². The predicted molar refractivity (Wildman–Crippen MR) is 136 cm³/mol. The quantitative estimate of drug-likeness (QED) is 0.289. The van der Waals surface area contributed by atoms with E-state index >= 15 is 0 Å². The summed E-state index contributed by atoms with van der Waals surface area (Å²) in [4.78, 5) is 20.8. The topological polar surface area (TPSA) is 89.3 Å². The number of hydrogen-bond acceptors (Lipinski definition) is 7. The van der Waals surface area contributed by atoms with E-state index in [4.69, 9.17) is 9.72 Å². The normalized spacial score (nSPS) is 18.6. The van der Waals surface area contributed by atoms with Crippen LogP contribution < -0.4 is 5.32 Å². The zero-order valence-corrected chi connectivity index (χ0v) is 19.9. The molecule has 0 spiro atoms. The van der Waals surface area contributed by atoms with E-state index in [0.29, 0.717) is 13.2 Å². The SMILES string of the molecule is CCOC(=O)C=Cc1ccc2c(c1)ncn2Cc1ccc2nc(N[C@@H]3CCCC[C@H]3O)sc2c1. The summed E-state index contributed by atoms with van der Waals surface area (Å²) in [5, 5.41) is 14.6. The molecule has 1 fully saturated rings. The molecule has 0 bridgehead atoms. The number of nitrogens with one attached hydrogen (secondary N) is 1. The highest BCUT2D eigenvalue weighted by molar-refractivity contribution is 7.22. The van der Waals surface area contributed by atoms with E-state index < -0.39 is 0 Å². The molecule has 2 aromatic heterocycles. The van der Waals surface area contributed by atoms with Gasteiger partial charge >= 0.3 is 5.97 Å². The minimum absolute atomic E-state index is 0.0862. The molecule has 1 aliphatic rings. The van der Waals surface area contributed by atoms with Crippen LogP contribution in [0.1, 0.15) is 43.7 Å². The Morgan fingerprint density at radius 3 is 2.97 bits per heavy atom. The van der Waals surface area contributed by atoms with Crippen molar-refractivity contribution in [1.29, 1.82) is 0 Å². The Kier molecular flexibility index (Phi) is 6.60. The fraction of sp³-hybridized carbons (Fsp3) is 0.346. The second kappa shape index (κ2) is 9.95. The number of aliphatic hydroxyl groups excluding tert-OH is 1. The summed E-state index contributed by atoms with van der Waals surface area (Å²) in [5.74, 6) is -0.347. The molecule has 1 aliphatic carbocycles. The molecule has 7 nitrogen and oxygen atoms in total. The largest absolute Gasteiger partial charge is 0.463 e. The number of hydrogen-bond donors (Lipinski definition) is 2. The lowest BCUT2D eigenvalue weighted by atomic mass is 9.93. The third-order valence-electron chi connectivity index (χ3n) is 6.19. The Morgan fingerprint density at radius 2 is 2.12 bits per heavy atom. The Labute approximate surface area is 202 Å². The highest BCUT2D eigenvalue weighted by Crippen LogP contribution is 2.30. The zero-order chi connectivity index (χ0) is 23.5. The van der Waals surface area contributed by atoms with Gasteiger partial charge in [-0.2, -0.15) is 0 Å². The maximum Gasteiger partial charge on any atom is 0.330 e. The molecule has 4 aromatic rings. The molecule has 1 saturated carbocycles. The molecular formula is C26H28N4O3S. The number of carbonyl (C=O) groups excluding carboxylic acids is 1. The lowest BCUT2D eigenvalue weighted by molar-refractivity contribution is -0.137. The van der Waals surface area contributed by atoms with Gasteiger partial charge in [0.2, 0.25) is 0 Å². The molecule has 176 valence electrons. The van der Waals surface area contributed by atoms with E-state index in [1.807, 2.05) is 24.5 Å². The number of fused-ring (bicyclic) bond motifs is 2. The third-order valence-corrected chi connectivity index (χ3v) is 7.14. The second-order valence-electron chi connectivity index (χ2n) is 8.63. The first-order chi connectivity index (χ1) is 16.6. The number of rotatable bonds is 7. The number of thiazole rings is 1. The number of aliphatic hydroxyl groups is 1. The molecule has 0 saturated heterocycles. The first kappa shape index (κ1) is 22.6. The van der Waals surface area contributed by atoms with Gasteiger partial charge in [0.25, 0.3) is 0 Å². The van der Waals surface area contributed by atoms with Crippen LogP contribution in [-0.4, -0.2) is 44.4 Å². The number of nitrogens with zero attached hydrogens (tertiary/aromatic N) is 3. The molecule has 34 heavy (non-hydrogen) atoms. The van der Waals surface area contributed by atoms with E-state index in [2.05, 4.69) is 33.1 Å². The molecule has 0 amide bonds. The number of benzene rings is 2. The molecule has 0 aliphatic heterocycles. The molecule has 2 N–H and O–H groups in total. The summed E-state index contributed by atoms with van der Waals surface area (Å²) in [7, 11) is 0. The van der Waals surface area contributed by atoms with Crippen LogP contribution in [0, 0.1) is 0 Å². The van der Waals surface area contributed by atoms with Gasteiger partial charge in [-0.3, -0.25) is 0 Å². The van der Waals surface area contributed by atoms with E-state index in [1.165, 1.54) is 11.6 Å². The van der Waals surface area contributed by atoms with Crippen molar-refractivity contribution in [3.63, 3.8) is 0 Å². The van der Waals surface area contributed by atoms with Gasteiger partial charge in [-0.1, -0.05) is 36.3 Å². The zero-order valence-electron chi connectivity index (χ0n) is 19.1. The fourth-order valence-corrected chi connectivity index (χ4v) is 5.42. The molecule has 2 aromatic carbocycles. The van der Waals surface area contributed by atoms with Gasteiger partial charge in [0.05, 0.1) is 46.3 Å². The van der Waals surface area contributed by atoms with Crippen LogP contribution in [-0.2, 0) is 16.1 Å². The molecule has 2 heterocycles. The van der Waals surface area contributed by atoms with Crippen molar-refractivity contribution in [2.45, 2.75) is 51.3 Å². The maximum atomic E-state index is 11.5. The lowest BCUT2D eigenvalue weighted by Crippen LogP contribution is -2.36. The summed E-state index contributed by atoms with van der Waals surface area (Å²) in [6, 6.07) is 12.4. The third kappa shape index (κ3) is 4.98. The van der Waals surface area contributed by atoms with Crippen molar-refractivity contribution in [3.05, 3.63) is 59.9 Å². The monoisotopic (exact) mass is 476 g/mol. The highest BCUT2D eigenvalue weighted by Gasteiger charge is 2.23. The fourth-order valence-electron chi connectivity index (χ4n) is 4.43. The Morgan fingerprint density at radius 1 is 1.24 bits per heavy atom. The molecule has 0 unspecified atom stereocenters. The van der Waals surface area contributed by atoms with Gasteiger partial charge in [0.15, 0.2) is 5.13 Å². The van der Waals surface area contributed by atoms with E-state index in [-0.39, 0.29) is 18.1 Å². The highest BCUT2D eigenvalue weighted by atomic mass is 32.1. The number of esters is 1. The van der Waals surface area contributed by atoms with Crippen molar-refractivity contribution in [3.8, 4) is 0 Å². The summed E-state index contributed by atoms with van der Waals surface area (Å²) in [6.07, 6.45) is 8.80. The van der Waals surface area contributed by atoms with Crippen LogP contribution in [0.5, 0.6) is 0 Å². The number of anilines is 1. The minimum Gasteiger partial charge on any atom is -0.463 e. The van der Waals surface area contributed by atoms with Crippen molar-refractivity contribution in [2.24, 2.45) is 0 Å². The Bertz CT molecular complexity index is 1340. The Balaban J connectivity index is 1.31. The van der Waals surface area contributed by atoms with Gasteiger partial charge in [-0.25, -0.2) is 14.8 Å². The van der Waals surface area contributed by atoms with Gasteiger partial charge in [-0.05, 0) is 61.2 Å². The van der Waals surface area contributed by atoms with Gasteiger partial charge in [-0.15, -0.1) is 0 Å². The summed E-state index contributed by atoms with van der Waals surface area (Å²) in [5.41, 5.74) is 4.95. The molecule has 0 radical (unpaired) electrons. The molecule has 2 atom stereocenters. The standard InChI is InChI=1S/C26H28N4O3S/c1-2-33-25(32)12-9-17-8-11-22-21(13-17)27-16-30(22)15-18-7-10-20-24(14-18)34-26(29-20)28-19-5-3-4-6-23(19)31/h7-14,16,19,23,31H,2-6,15H2,1H3,(H,28,29)/t19-,23-/m1/s1. The van der Waals surface area contributed by atoms with Gasteiger partial charge in [0, 0.05) is 12.6 Å². The first-order valence-corrected chi connectivity index (χ1v) is 12.5. The molecule has 8 heteroatoms. The minimum atomic E-state index is -0.347. The van der Waals surface area contributed by atoms with E-state index in [1.54, 1.807) is 24.3 Å². The lowest BCUT2D eigenvalue weighted by Gasteiger charge is -2.27.